The van der Waals surface area contributed by atoms with Crippen molar-refractivity contribution in [3.63, 3.8) is 0 Å². The fourth-order valence-corrected chi connectivity index (χ4v) is 3.96. The summed E-state index contributed by atoms with van der Waals surface area (Å²) in [6.07, 6.45) is 7.04. The van der Waals surface area contributed by atoms with E-state index in [9.17, 15) is 4.79 Å². The predicted octanol–water partition coefficient (Wildman–Crippen LogP) is 2.71. The van der Waals surface area contributed by atoms with Gasteiger partial charge in [0.05, 0.1) is 23.5 Å². The van der Waals surface area contributed by atoms with Crippen LogP contribution in [-0.4, -0.2) is 50.5 Å². The summed E-state index contributed by atoms with van der Waals surface area (Å²) in [6, 6.07) is 1.89. The van der Waals surface area contributed by atoms with Gasteiger partial charge in [0.1, 0.15) is 6.33 Å². The van der Waals surface area contributed by atoms with Gasteiger partial charge in [-0.25, -0.2) is 15.0 Å². The maximum atomic E-state index is 12.3. The highest BCUT2D eigenvalue weighted by Gasteiger charge is 2.27. The summed E-state index contributed by atoms with van der Waals surface area (Å²) < 4.78 is 5.42. The van der Waals surface area contributed by atoms with Gasteiger partial charge in [-0.15, -0.1) is 11.3 Å². The van der Waals surface area contributed by atoms with Crippen molar-refractivity contribution >= 4 is 22.4 Å². The van der Waals surface area contributed by atoms with E-state index in [4.69, 9.17) is 4.52 Å². The maximum Gasteiger partial charge on any atom is 0.240 e. The number of aryl methyl sites for hydroxylation is 1. The average molecular weight is 384 g/mol. The largest absolute Gasteiger partial charge is 0.356 e. The summed E-state index contributed by atoms with van der Waals surface area (Å²) in [4.78, 5) is 27.2. The van der Waals surface area contributed by atoms with Gasteiger partial charge in [-0.1, -0.05) is 5.16 Å². The molecule has 1 aliphatic rings. The summed E-state index contributed by atoms with van der Waals surface area (Å²) in [5.74, 6) is 0.857. The molecule has 1 fully saturated rings. The first-order valence-corrected chi connectivity index (χ1v) is 9.72. The lowest BCUT2D eigenvalue weighted by Gasteiger charge is -2.32. The third-order valence-corrected chi connectivity index (χ3v) is 5.26. The Morgan fingerprint density at radius 1 is 1.44 bits per heavy atom. The molecule has 1 amide bonds. The Bertz CT molecular complexity index is 910. The molecule has 9 heteroatoms. The number of piperidine rings is 1. The number of aromatic nitrogens is 4. The highest BCUT2D eigenvalue weighted by atomic mass is 32.1. The number of hydrogen-bond acceptors (Lipinski definition) is 8. The highest BCUT2D eigenvalue weighted by Crippen LogP contribution is 2.32. The molecule has 0 bridgehead atoms. The monoisotopic (exact) mass is 384 g/mol. The molecule has 4 rings (SSSR count). The van der Waals surface area contributed by atoms with E-state index in [1.54, 1.807) is 18.7 Å². The van der Waals surface area contributed by atoms with Gasteiger partial charge >= 0.3 is 0 Å². The SMILES string of the molecule is Cc1cc(-c2cncnc2C2CCCN(CC(=O)Nc3nccs3)C2)on1. The van der Waals surface area contributed by atoms with E-state index in [2.05, 4.69) is 30.3 Å². The van der Waals surface area contributed by atoms with Gasteiger partial charge in [0.2, 0.25) is 5.91 Å². The molecule has 3 aromatic heterocycles. The number of hydrogen-bond donors (Lipinski definition) is 1. The molecule has 4 heterocycles. The molecule has 1 unspecified atom stereocenters. The van der Waals surface area contributed by atoms with Crippen LogP contribution in [0.15, 0.2) is 34.7 Å². The number of likely N-dealkylation sites (tertiary alicyclic amines) is 1. The standard InChI is InChI=1S/C18H20N6O2S/c1-12-7-15(26-23-12)14-8-19-11-21-17(14)13-3-2-5-24(9-13)10-16(25)22-18-20-4-6-27-18/h4,6-8,11,13H,2-3,5,9-10H2,1H3,(H,20,22,25). The molecule has 3 aromatic rings. The van der Waals surface area contributed by atoms with Crippen molar-refractivity contribution in [3.05, 3.63) is 41.6 Å². The van der Waals surface area contributed by atoms with Crippen molar-refractivity contribution in [1.82, 2.24) is 25.0 Å². The zero-order valence-electron chi connectivity index (χ0n) is 15.0. The second kappa shape index (κ2) is 7.93. The number of thiazole rings is 1. The first-order chi connectivity index (χ1) is 13.2. The second-order valence-corrected chi connectivity index (χ2v) is 7.51. The zero-order chi connectivity index (χ0) is 18.6. The van der Waals surface area contributed by atoms with Crippen LogP contribution in [0.25, 0.3) is 11.3 Å². The van der Waals surface area contributed by atoms with Gasteiger partial charge in [-0.05, 0) is 26.3 Å². The topological polar surface area (TPSA) is 97.0 Å². The molecule has 0 aliphatic carbocycles. The molecule has 1 N–H and O–H groups in total. The highest BCUT2D eigenvalue weighted by molar-refractivity contribution is 7.13. The Hall–Kier alpha value is -2.65. The molecule has 140 valence electrons. The van der Waals surface area contributed by atoms with Crippen LogP contribution in [0.1, 0.15) is 30.1 Å². The van der Waals surface area contributed by atoms with Gasteiger partial charge in [-0.2, -0.15) is 0 Å². The summed E-state index contributed by atoms with van der Waals surface area (Å²) in [6.45, 7) is 3.89. The summed E-state index contributed by atoms with van der Waals surface area (Å²) in [7, 11) is 0. The van der Waals surface area contributed by atoms with Crippen molar-refractivity contribution in [2.45, 2.75) is 25.7 Å². The van der Waals surface area contributed by atoms with Crippen molar-refractivity contribution in [2.24, 2.45) is 0 Å². The molecule has 1 aliphatic heterocycles. The van der Waals surface area contributed by atoms with Crippen molar-refractivity contribution in [2.75, 3.05) is 25.0 Å². The van der Waals surface area contributed by atoms with Crippen LogP contribution >= 0.6 is 11.3 Å². The van der Waals surface area contributed by atoms with Crippen molar-refractivity contribution < 1.29 is 9.32 Å². The van der Waals surface area contributed by atoms with E-state index in [0.717, 1.165) is 42.9 Å². The first-order valence-electron chi connectivity index (χ1n) is 8.84. The zero-order valence-corrected chi connectivity index (χ0v) is 15.8. The summed E-state index contributed by atoms with van der Waals surface area (Å²) in [5.41, 5.74) is 2.65. The summed E-state index contributed by atoms with van der Waals surface area (Å²) >= 11 is 1.42. The molecule has 0 spiro atoms. The van der Waals surface area contributed by atoms with Crippen LogP contribution in [0.4, 0.5) is 5.13 Å². The number of nitrogens with zero attached hydrogens (tertiary/aromatic N) is 5. The Balaban J connectivity index is 1.46. The van der Waals surface area contributed by atoms with Gasteiger partial charge in [0.25, 0.3) is 0 Å². The van der Waals surface area contributed by atoms with E-state index in [-0.39, 0.29) is 11.8 Å². The molecule has 0 radical (unpaired) electrons. The fraction of sp³-hybridized carbons (Fsp3) is 0.389. The van der Waals surface area contributed by atoms with Crippen molar-refractivity contribution in [1.29, 1.82) is 0 Å². The lowest BCUT2D eigenvalue weighted by molar-refractivity contribution is -0.117. The molecule has 0 saturated carbocycles. The predicted molar refractivity (Wildman–Crippen MR) is 101 cm³/mol. The number of nitrogens with one attached hydrogen (secondary N) is 1. The van der Waals surface area contributed by atoms with E-state index < -0.39 is 0 Å². The van der Waals surface area contributed by atoms with Gasteiger partial charge < -0.3 is 9.84 Å². The lowest BCUT2D eigenvalue weighted by atomic mass is 9.91. The van der Waals surface area contributed by atoms with E-state index in [0.29, 0.717) is 17.4 Å². The number of carbonyl (C=O) groups excluding carboxylic acids is 1. The van der Waals surface area contributed by atoms with Crippen LogP contribution in [-0.2, 0) is 4.79 Å². The number of anilines is 1. The fourth-order valence-electron chi connectivity index (χ4n) is 3.41. The van der Waals surface area contributed by atoms with E-state index in [1.807, 2.05) is 18.4 Å². The van der Waals surface area contributed by atoms with Crippen LogP contribution in [0, 0.1) is 6.92 Å². The molecular weight excluding hydrogens is 364 g/mol. The quantitative estimate of drug-likeness (QED) is 0.722. The van der Waals surface area contributed by atoms with E-state index >= 15 is 0 Å². The Kier molecular flexibility index (Phi) is 5.21. The third kappa shape index (κ3) is 4.20. The van der Waals surface area contributed by atoms with Crippen LogP contribution in [0.2, 0.25) is 0 Å². The molecule has 8 nitrogen and oxygen atoms in total. The lowest BCUT2D eigenvalue weighted by Crippen LogP contribution is -2.40. The number of rotatable bonds is 5. The molecular formula is C18H20N6O2S. The normalized spacial score (nSPS) is 17.7. The summed E-state index contributed by atoms with van der Waals surface area (Å²) in [5, 5.41) is 9.29. The van der Waals surface area contributed by atoms with Crippen LogP contribution in [0.5, 0.6) is 0 Å². The minimum atomic E-state index is -0.0422. The smallest absolute Gasteiger partial charge is 0.240 e. The Morgan fingerprint density at radius 3 is 3.15 bits per heavy atom. The molecule has 27 heavy (non-hydrogen) atoms. The first kappa shape index (κ1) is 17.7. The third-order valence-electron chi connectivity index (χ3n) is 4.57. The minimum Gasteiger partial charge on any atom is -0.356 e. The number of amides is 1. The van der Waals surface area contributed by atoms with Gasteiger partial charge in [0.15, 0.2) is 10.9 Å². The number of carbonyl (C=O) groups is 1. The molecule has 1 saturated heterocycles. The van der Waals surface area contributed by atoms with Crippen LogP contribution in [0.3, 0.4) is 0 Å². The van der Waals surface area contributed by atoms with Gasteiger partial charge in [-0.3, -0.25) is 9.69 Å². The Morgan fingerprint density at radius 2 is 2.37 bits per heavy atom. The average Bonchev–Trinajstić information content (AvgIpc) is 3.33. The Labute approximate surface area is 160 Å². The second-order valence-electron chi connectivity index (χ2n) is 6.61. The van der Waals surface area contributed by atoms with Gasteiger partial charge in [0, 0.05) is 36.3 Å². The van der Waals surface area contributed by atoms with E-state index in [1.165, 1.54) is 11.3 Å². The maximum absolute atomic E-state index is 12.3. The molecule has 0 aromatic carbocycles. The molecule has 1 atom stereocenters. The minimum absolute atomic E-state index is 0.0422. The van der Waals surface area contributed by atoms with Crippen molar-refractivity contribution in [3.8, 4) is 11.3 Å². The van der Waals surface area contributed by atoms with Crippen LogP contribution < -0.4 is 5.32 Å².